The van der Waals surface area contributed by atoms with Gasteiger partial charge in [-0.1, -0.05) is 25.4 Å². The molecule has 2 N–H and O–H groups in total. The molecule has 1 atom stereocenters. The molecule has 1 aliphatic heterocycles. The number of nitro groups is 1. The lowest BCUT2D eigenvalue weighted by Gasteiger charge is -2.15. The van der Waals surface area contributed by atoms with Gasteiger partial charge >= 0.3 is 0 Å². The van der Waals surface area contributed by atoms with Crippen LogP contribution in [0.3, 0.4) is 0 Å². The van der Waals surface area contributed by atoms with Gasteiger partial charge in [0.2, 0.25) is 15.9 Å². The highest BCUT2D eigenvalue weighted by molar-refractivity contribution is 7.89. The summed E-state index contributed by atoms with van der Waals surface area (Å²) in [6.45, 7) is 6.34. The molecule has 1 aliphatic rings. The Hall–Kier alpha value is -3.52. The number of rotatable bonds is 11. The van der Waals surface area contributed by atoms with Gasteiger partial charge in [0, 0.05) is 42.4 Å². The number of carbonyl (C=O) groups excluding carboxylic acids is 1. The van der Waals surface area contributed by atoms with E-state index in [4.69, 9.17) is 21.1 Å². The molecule has 1 unspecified atom stereocenters. The molecule has 2 aromatic carbocycles. The van der Waals surface area contributed by atoms with Gasteiger partial charge in [-0.05, 0) is 56.0 Å². The topological polar surface area (TPSA) is 155 Å². The Labute approximate surface area is 236 Å². The average molecular weight is 592 g/mol. The Kier molecular flexibility index (Phi) is 9.08. The fourth-order valence-corrected chi connectivity index (χ4v) is 5.52. The molecular formula is C26H30ClN5O7S. The first-order chi connectivity index (χ1) is 19.0. The maximum absolute atomic E-state index is 13.2. The Bertz CT molecular complexity index is 1500. The van der Waals surface area contributed by atoms with E-state index in [-0.39, 0.29) is 35.9 Å². The van der Waals surface area contributed by atoms with Crippen LogP contribution in [0.5, 0.6) is 11.6 Å². The third-order valence-corrected chi connectivity index (χ3v) is 7.88. The number of nitro benzene ring substituents is 1. The molecule has 0 radical (unpaired) electrons. The number of hydrogen-bond donors (Lipinski definition) is 2. The number of nitrogens with one attached hydrogen (secondary N) is 2. The number of amides is 1. The van der Waals surface area contributed by atoms with Crippen molar-refractivity contribution in [3.63, 3.8) is 0 Å². The number of sulfonamides is 1. The zero-order valence-electron chi connectivity index (χ0n) is 22.2. The van der Waals surface area contributed by atoms with E-state index in [0.29, 0.717) is 29.4 Å². The molecule has 1 amide bonds. The van der Waals surface area contributed by atoms with Gasteiger partial charge in [0.25, 0.3) is 11.6 Å². The number of aromatic nitrogens is 2. The van der Waals surface area contributed by atoms with Gasteiger partial charge in [0.05, 0.1) is 16.7 Å². The van der Waals surface area contributed by atoms with Gasteiger partial charge in [0.1, 0.15) is 10.6 Å². The summed E-state index contributed by atoms with van der Waals surface area (Å²) in [5, 5.41) is 19.2. The van der Waals surface area contributed by atoms with E-state index in [1.807, 2.05) is 13.8 Å². The SMILES string of the molecule is Cc1c(C(=O)NCC2CCCO2)nn(-c2ccc(Cl)cc2)c1Oc1ccc([N+](=O)[O-])cc1S(=O)(=O)NCC(C)C. The molecule has 0 spiro atoms. The molecule has 1 saturated heterocycles. The van der Waals surface area contributed by atoms with Crippen molar-refractivity contribution in [3.05, 3.63) is 68.9 Å². The van der Waals surface area contributed by atoms with Crippen molar-refractivity contribution >= 4 is 33.2 Å². The Morgan fingerprint density at radius 3 is 2.62 bits per heavy atom. The van der Waals surface area contributed by atoms with Crippen LogP contribution in [0.2, 0.25) is 5.02 Å². The van der Waals surface area contributed by atoms with Crippen LogP contribution in [0.15, 0.2) is 47.4 Å². The van der Waals surface area contributed by atoms with E-state index in [0.717, 1.165) is 25.0 Å². The molecule has 1 fully saturated rings. The standard InChI is InChI=1S/C26H30ClN5O7S/c1-16(2)14-29-40(36,37)23-13-20(32(34)35)10-11-22(23)39-26-17(3)24(25(33)28-15-21-5-4-12-38-21)30-31(26)19-8-6-18(27)7-9-19/h6-11,13,16,21,29H,4-5,12,14-15H2,1-3H3,(H,28,33). The zero-order chi connectivity index (χ0) is 29.0. The maximum Gasteiger partial charge on any atom is 0.272 e. The minimum atomic E-state index is -4.21. The average Bonchev–Trinajstić information content (AvgIpc) is 3.55. The number of non-ortho nitro benzene ring substituents is 1. The molecule has 2 heterocycles. The van der Waals surface area contributed by atoms with Crippen LogP contribution in [0.4, 0.5) is 5.69 Å². The second kappa shape index (κ2) is 12.3. The summed E-state index contributed by atoms with van der Waals surface area (Å²) in [6, 6.07) is 9.87. The minimum absolute atomic E-state index is 0.0119. The van der Waals surface area contributed by atoms with Crippen molar-refractivity contribution in [1.82, 2.24) is 19.8 Å². The number of halogens is 1. The molecule has 40 heavy (non-hydrogen) atoms. The maximum atomic E-state index is 13.2. The summed E-state index contributed by atoms with van der Waals surface area (Å²) in [6.07, 6.45) is 1.69. The number of benzene rings is 2. The van der Waals surface area contributed by atoms with E-state index >= 15 is 0 Å². The van der Waals surface area contributed by atoms with Gasteiger partial charge < -0.3 is 14.8 Å². The summed E-state index contributed by atoms with van der Waals surface area (Å²) < 4.78 is 41.9. The number of nitrogens with zero attached hydrogens (tertiary/aromatic N) is 3. The van der Waals surface area contributed by atoms with Gasteiger partial charge in [-0.3, -0.25) is 14.9 Å². The number of hydrogen-bond acceptors (Lipinski definition) is 8. The van der Waals surface area contributed by atoms with Crippen LogP contribution in [-0.2, 0) is 14.8 Å². The van der Waals surface area contributed by atoms with E-state index in [2.05, 4.69) is 15.1 Å². The molecule has 0 saturated carbocycles. The molecule has 0 bridgehead atoms. The largest absolute Gasteiger partial charge is 0.437 e. The highest BCUT2D eigenvalue weighted by atomic mass is 35.5. The van der Waals surface area contributed by atoms with E-state index in [9.17, 15) is 23.3 Å². The van der Waals surface area contributed by atoms with E-state index in [1.165, 1.54) is 10.7 Å². The molecule has 0 aliphatic carbocycles. The third-order valence-electron chi connectivity index (χ3n) is 6.18. The van der Waals surface area contributed by atoms with Crippen molar-refractivity contribution in [1.29, 1.82) is 0 Å². The highest BCUT2D eigenvalue weighted by Gasteiger charge is 2.28. The summed E-state index contributed by atoms with van der Waals surface area (Å²) in [7, 11) is -4.21. The Balaban J connectivity index is 1.77. The van der Waals surface area contributed by atoms with Crippen LogP contribution in [0.1, 0.15) is 42.7 Å². The van der Waals surface area contributed by atoms with Crippen LogP contribution < -0.4 is 14.8 Å². The van der Waals surface area contributed by atoms with Crippen LogP contribution in [0.25, 0.3) is 5.69 Å². The molecular weight excluding hydrogens is 562 g/mol. The van der Waals surface area contributed by atoms with E-state index < -0.39 is 31.4 Å². The van der Waals surface area contributed by atoms with Crippen molar-refractivity contribution < 1.29 is 27.6 Å². The molecule has 14 heteroatoms. The van der Waals surface area contributed by atoms with Crippen molar-refractivity contribution in [3.8, 4) is 17.3 Å². The molecule has 214 valence electrons. The number of ether oxygens (including phenoxy) is 2. The van der Waals surface area contributed by atoms with Gasteiger partial charge in [-0.25, -0.2) is 13.1 Å². The third kappa shape index (κ3) is 6.78. The first-order valence-corrected chi connectivity index (χ1v) is 14.5. The molecule has 12 nitrogen and oxygen atoms in total. The lowest BCUT2D eigenvalue weighted by Crippen LogP contribution is -2.32. The predicted octanol–water partition coefficient (Wildman–Crippen LogP) is 4.38. The number of carbonyl (C=O) groups is 1. The fourth-order valence-electron chi connectivity index (χ4n) is 4.03. The quantitative estimate of drug-likeness (QED) is 0.246. The zero-order valence-corrected chi connectivity index (χ0v) is 23.8. The lowest BCUT2D eigenvalue weighted by molar-refractivity contribution is -0.385. The van der Waals surface area contributed by atoms with Crippen LogP contribution >= 0.6 is 11.6 Å². The highest BCUT2D eigenvalue weighted by Crippen LogP contribution is 2.36. The summed E-state index contributed by atoms with van der Waals surface area (Å²) in [4.78, 5) is 23.5. The van der Waals surface area contributed by atoms with Crippen molar-refractivity contribution in [2.75, 3.05) is 19.7 Å². The Morgan fingerprint density at radius 1 is 1.27 bits per heavy atom. The van der Waals surface area contributed by atoms with Gasteiger partial charge in [-0.15, -0.1) is 0 Å². The second-order valence-electron chi connectivity index (χ2n) is 9.75. The predicted molar refractivity (Wildman–Crippen MR) is 148 cm³/mol. The molecule has 4 rings (SSSR count). The lowest BCUT2D eigenvalue weighted by atomic mass is 10.2. The van der Waals surface area contributed by atoms with Gasteiger partial charge in [-0.2, -0.15) is 9.78 Å². The normalized spacial score (nSPS) is 15.4. The minimum Gasteiger partial charge on any atom is -0.437 e. The van der Waals surface area contributed by atoms with Crippen LogP contribution in [0, 0.1) is 23.0 Å². The second-order valence-corrected chi connectivity index (χ2v) is 11.9. The fraction of sp³-hybridized carbons (Fsp3) is 0.385. The van der Waals surface area contributed by atoms with Crippen molar-refractivity contribution in [2.45, 2.75) is 44.6 Å². The summed E-state index contributed by atoms with van der Waals surface area (Å²) >= 11 is 6.06. The first-order valence-electron chi connectivity index (χ1n) is 12.7. The van der Waals surface area contributed by atoms with Crippen molar-refractivity contribution in [2.24, 2.45) is 5.92 Å². The monoisotopic (exact) mass is 591 g/mol. The summed E-state index contributed by atoms with van der Waals surface area (Å²) in [5.74, 6) is -0.590. The molecule has 3 aromatic rings. The van der Waals surface area contributed by atoms with Gasteiger partial charge in [0.15, 0.2) is 5.69 Å². The van der Waals surface area contributed by atoms with E-state index in [1.54, 1.807) is 31.2 Å². The van der Waals surface area contributed by atoms with Crippen LogP contribution in [-0.4, -0.2) is 54.8 Å². The molecule has 1 aromatic heterocycles. The smallest absolute Gasteiger partial charge is 0.272 e. The Morgan fingerprint density at radius 2 is 2.00 bits per heavy atom. The first kappa shape index (κ1) is 29.5. The summed E-state index contributed by atoms with van der Waals surface area (Å²) in [5.41, 5.74) is 0.461.